The fraction of sp³-hybridized carbons (Fsp3) is 0.0909. The molecule has 0 radical (unpaired) electrons. The van der Waals surface area contributed by atoms with Gasteiger partial charge in [0.05, 0.1) is 6.21 Å². The lowest BCUT2D eigenvalue weighted by atomic mass is 10.2. The third kappa shape index (κ3) is 3.41. The highest BCUT2D eigenvalue weighted by Crippen LogP contribution is 2.07. The van der Waals surface area contributed by atoms with Crippen molar-refractivity contribution in [1.29, 1.82) is 0 Å². The molecule has 2 rings (SSSR count). The van der Waals surface area contributed by atoms with E-state index in [9.17, 15) is 4.79 Å². The van der Waals surface area contributed by atoms with Crippen LogP contribution in [-0.4, -0.2) is 32.0 Å². The molecule has 2 aromatic rings. The van der Waals surface area contributed by atoms with Gasteiger partial charge in [-0.1, -0.05) is 0 Å². The molecule has 1 heterocycles. The fourth-order valence-corrected chi connectivity index (χ4v) is 1.24. The van der Waals surface area contributed by atoms with E-state index >= 15 is 0 Å². The first-order valence-corrected chi connectivity index (χ1v) is 5.17. The Morgan fingerprint density at radius 3 is 2.89 bits per heavy atom. The number of hydrazone groups is 1. The summed E-state index contributed by atoms with van der Waals surface area (Å²) in [5.41, 5.74) is 3.14. The molecule has 0 aliphatic heterocycles. The molecule has 0 saturated heterocycles. The van der Waals surface area contributed by atoms with Crippen molar-refractivity contribution in [1.82, 2.24) is 20.2 Å². The minimum absolute atomic E-state index is 0.0624. The number of rotatable bonds is 4. The molecule has 0 aliphatic rings. The first kappa shape index (κ1) is 11.8. The molecule has 0 unspecified atom stereocenters. The smallest absolute Gasteiger partial charge is 0.261 e. The number of phenolic OH excluding ortho intramolecular Hbond substituents is 1. The Labute approximate surface area is 103 Å². The minimum Gasteiger partial charge on any atom is -0.508 e. The number of aromatic nitrogens is 3. The molecular formula is C11H11N5O2. The van der Waals surface area contributed by atoms with Gasteiger partial charge in [0, 0.05) is 0 Å². The quantitative estimate of drug-likeness (QED) is 0.591. The van der Waals surface area contributed by atoms with E-state index in [4.69, 9.17) is 5.11 Å². The van der Waals surface area contributed by atoms with Gasteiger partial charge in [0.25, 0.3) is 5.91 Å². The zero-order valence-electron chi connectivity index (χ0n) is 9.39. The molecular weight excluding hydrogens is 234 g/mol. The van der Waals surface area contributed by atoms with Gasteiger partial charge in [-0.25, -0.2) is 15.1 Å². The van der Waals surface area contributed by atoms with Crippen LogP contribution in [0.15, 0.2) is 42.0 Å². The van der Waals surface area contributed by atoms with Gasteiger partial charge in [-0.3, -0.25) is 4.79 Å². The Hall–Kier alpha value is -2.70. The number of aromatic hydroxyl groups is 1. The van der Waals surface area contributed by atoms with Crippen LogP contribution >= 0.6 is 0 Å². The first-order chi connectivity index (χ1) is 8.74. The molecule has 1 amide bonds. The standard InChI is InChI=1S/C11H11N5O2/c17-10-3-1-9(2-4-10)5-13-15-11(18)6-16-8-12-7-14-16/h1-5,7-8,17H,6H2,(H,15,18). The lowest BCUT2D eigenvalue weighted by molar-refractivity contribution is -0.121. The minimum atomic E-state index is -0.296. The molecule has 92 valence electrons. The van der Waals surface area contributed by atoms with Crippen LogP contribution < -0.4 is 5.43 Å². The predicted molar refractivity (Wildman–Crippen MR) is 63.9 cm³/mol. The summed E-state index contributed by atoms with van der Waals surface area (Å²) in [6.45, 7) is 0.0624. The van der Waals surface area contributed by atoms with Gasteiger partial charge in [-0.05, 0) is 29.8 Å². The van der Waals surface area contributed by atoms with Crippen molar-refractivity contribution in [2.75, 3.05) is 0 Å². The Morgan fingerprint density at radius 2 is 2.22 bits per heavy atom. The van der Waals surface area contributed by atoms with E-state index < -0.39 is 0 Å². The summed E-state index contributed by atoms with van der Waals surface area (Å²) >= 11 is 0. The van der Waals surface area contributed by atoms with E-state index in [1.807, 2.05) is 0 Å². The molecule has 2 N–H and O–H groups in total. The van der Waals surface area contributed by atoms with Gasteiger partial charge < -0.3 is 5.11 Å². The predicted octanol–water partition coefficient (Wildman–Crippen LogP) is 0.134. The largest absolute Gasteiger partial charge is 0.508 e. The SMILES string of the molecule is O=C(Cn1cncn1)NN=Cc1ccc(O)cc1. The maximum atomic E-state index is 11.4. The van der Waals surface area contributed by atoms with Crippen molar-refractivity contribution in [2.45, 2.75) is 6.54 Å². The van der Waals surface area contributed by atoms with E-state index in [-0.39, 0.29) is 18.2 Å². The lowest BCUT2D eigenvalue weighted by Gasteiger charge is -1.99. The molecule has 7 nitrogen and oxygen atoms in total. The maximum absolute atomic E-state index is 11.4. The van der Waals surface area contributed by atoms with Gasteiger partial charge in [0.15, 0.2) is 0 Å². The number of benzene rings is 1. The fourth-order valence-electron chi connectivity index (χ4n) is 1.24. The van der Waals surface area contributed by atoms with Gasteiger partial charge in [-0.15, -0.1) is 0 Å². The Bertz CT molecular complexity index is 533. The van der Waals surface area contributed by atoms with Crippen LogP contribution in [-0.2, 0) is 11.3 Å². The number of nitrogens with one attached hydrogen (secondary N) is 1. The topological polar surface area (TPSA) is 92.4 Å². The average molecular weight is 245 g/mol. The monoisotopic (exact) mass is 245 g/mol. The summed E-state index contributed by atoms with van der Waals surface area (Å²) in [5, 5.41) is 16.7. The highest BCUT2D eigenvalue weighted by Gasteiger charge is 2.00. The number of hydrogen-bond donors (Lipinski definition) is 2. The summed E-state index contributed by atoms with van der Waals surface area (Å²) in [4.78, 5) is 15.1. The van der Waals surface area contributed by atoms with Crippen LogP contribution in [0.2, 0.25) is 0 Å². The number of carbonyl (C=O) groups is 1. The number of nitrogens with zero attached hydrogens (tertiary/aromatic N) is 4. The van der Waals surface area contributed by atoms with Gasteiger partial charge >= 0.3 is 0 Å². The second-order valence-electron chi connectivity index (χ2n) is 3.48. The van der Waals surface area contributed by atoms with Crippen molar-refractivity contribution >= 4 is 12.1 Å². The average Bonchev–Trinajstić information content (AvgIpc) is 2.84. The van der Waals surface area contributed by atoms with E-state index in [0.29, 0.717) is 0 Å². The highest BCUT2D eigenvalue weighted by molar-refractivity contribution is 5.82. The van der Waals surface area contributed by atoms with Crippen LogP contribution in [0.5, 0.6) is 5.75 Å². The summed E-state index contributed by atoms with van der Waals surface area (Å²) < 4.78 is 1.39. The molecule has 0 saturated carbocycles. The summed E-state index contributed by atoms with van der Waals surface area (Å²) in [6, 6.07) is 6.45. The van der Waals surface area contributed by atoms with E-state index in [1.54, 1.807) is 24.3 Å². The van der Waals surface area contributed by atoms with E-state index in [0.717, 1.165) is 5.56 Å². The van der Waals surface area contributed by atoms with Crippen LogP contribution in [0.25, 0.3) is 0 Å². The first-order valence-electron chi connectivity index (χ1n) is 5.17. The van der Waals surface area contributed by atoms with Gasteiger partial charge in [-0.2, -0.15) is 10.2 Å². The molecule has 18 heavy (non-hydrogen) atoms. The van der Waals surface area contributed by atoms with E-state index in [2.05, 4.69) is 20.6 Å². The molecule has 0 aliphatic carbocycles. The second-order valence-corrected chi connectivity index (χ2v) is 3.48. The normalized spacial score (nSPS) is 10.7. The number of amides is 1. The number of hydrogen-bond acceptors (Lipinski definition) is 5. The Morgan fingerprint density at radius 1 is 1.44 bits per heavy atom. The second kappa shape index (κ2) is 5.58. The molecule has 7 heteroatoms. The highest BCUT2D eigenvalue weighted by atomic mass is 16.3. The third-order valence-electron chi connectivity index (χ3n) is 2.07. The van der Waals surface area contributed by atoms with Crippen molar-refractivity contribution in [3.05, 3.63) is 42.5 Å². The third-order valence-corrected chi connectivity index (χ3v) is 2.07. The summed E-state index contributed by atoms with van der Waals surface area (Å²) in [6.07, 6.45) is 4.29. The van der Waals surface area contributed by atoms with E-state index in [1.165, 1.54) is 23.6 Å². The Balaban J connectivity index is 1.84. The van der Waals surface area contributed by atoms with Crippen molar-refractivity contribution in [2.24, 2.45) is 5.10 Å². The summed E-state index contributed by atoms with van der Waals surface area (Å²) in [7, 11) is 0. The van der Waals surface area contributed by atoms with Crippen molar-refractivity contribution in [3.63, 3.8) is 0 Å². The number of carbonyl (C=O) groups excluding carboxylic acids is 1. The molecule has 1 aromatic carbocycles. The Kier molecular flexibility index (Phi) is 3.65. The van der Waals surface area contributed by atoms with Gasteiger partial charge in [0.1, 0.15) is 24.9 Å². The number of phenols is 1. The molecule has 1 aromatic heterocycles. The lowest BCUT2D eigenvalue weighted by Crippen LogP contribution is -2.23. The van der Waals surface area contributed by atoms with Gasteiger partial charge in [0.2, 0.25) is 0 Å². The van der Waals surface area contributed by atoms with Crippen LogP contribution in [0.3, 0.4) is 0 Å². The zero-order valence-corrected chi connectivity index (χ0v) is 9.39. The van der Waals surface area contributed by atoms with Crippen molar-refractivity contribution in [3.8, 4) is 5.75 Å². The van der Waals surface area contributed by atoms with Crippen LogP contribution in [0.1, 0.15) is 5.56 Å². The maximum Gasteiger partial charge on any atom is 0.261 e. The van der Waals surface area contributed by atoms with Crippen LogP contribution in [0, 0.1) is 0 Å². The molecule has 0 atom stereocenters. The summed E-state index contributed by atoms with van der Waals surface area (Å²) in [5.74, 6) is -0.113. The molecule has 0 spiro atoms. The molecule has 0 bridgehead atoms. The zero-order chi connectivity index (χ0) is 12.8. The molecule has 0 fully saturated rings. The van der Waals surface area contributed by atoms with Crippen LogP contribution in [0.4, 0.5) is 0 Å². The van der Waals surface area contributed by atoms with Crippen molar-refractivity contribution < 1.29 is 9.90 Å².